The second-order valence-corrected chi connectivity index (χ2v) is 4.31. The van der Waals surface area contributed by atoms with Crippen LogP contribution in [0.1, 0.15) is 6.92 Å². The zero-order valence-electron chi connectivity index (χ0n) is 7.42. The van der Waals surface area contributed by atoms with Crippen LogP contribution < -0.4 is 5.32 Å². The van der Waals surface area contributed by atoms with E-state index in [2.05, 4.69) is 5.32 Å². The molecule has 2 unspecified atom stereocenters. The van der Waals surface area contributed by atoms with Crippen LogP contribution in [-0.2, 0) is 15.5 Å². The molecular formula is C7H17NO2S. The van der Waals surface area contributed by atoms with Gasteiger partial charge in [0.25, 0.3) is 0 Å². The van der Waals surface area contributed by atoms with Crippen LogP contribution in [0.25, 0.3) is 0 Å². The Morgan fingerprint density at radius 1 is 1.64 bits per heavy atom. The summed E-state index contributed by atoms with van der Waals surface area (Å²) in [7, 11) is 0.951. The van der Waals surface area contributed by atoms with Crippen molar-refractivity contribution in [1.82, 2.24) is 5.32 Å². The molecule has 0 aliphatic rings. The van der Waals surface area contributed by atoms with Crippen LogP contribution in [0.2, 0.25) is 0 Å². The molecule has 0 spiro atoms. The molecule has 68 valence electrons. The minimum absolute atomic E-state index is 0.229. The fourth-order valence-electron chi connectivity index (χ4n) is 0.597. The largest absolute Gasteiger partial charge is 0.383 e. The first-order valence-corrected chi connectivity index (χ1v) is 5.32. The van der Waals surface area contributed by atoms with Crippen molar-refractivity contribution in [1.29, 1.82) is 0 Å². The van der Waals surface area contributed by atoms with Crippen LogP contribution in [0.5, 0.6) is 0 Å². The minimum atomic E-state index is -0.719. The Labute approximate surface area is 71.0 Å². The molecule has 0 aliphatic carbocycles. The van der Waals surface area contributed by atoms with Gasteiger partial charge in [0.15, 0.2) is 0 Å². The third-order valence-electron chi connectivity index (χ3n) is 1.48. The molecule has 4 heteroatoms. The lowest BCUT2D eigenvalue weighted by molar-refractivity contribution is 0.199. The number of hydrogen-bond acceptors (Lipinski definition) is 3. The van der Waals surface area contributed by atoms with Crippen LogP contribution in [0, 0.1) is 0 Å². The quantitative estimate of drug-likeness (QED) is 0.583. The van der Waals surface area contributed by atoms with E-state index in [1.807, 2.05) is 6.92 Å². The maximum atomic E-state index is 10.8. The lowest BCUT2D eigenvalue weighted by Gasteiger charge is -2.08. The highest BCUT2D eigenvalue weighted by Gasteiger charge is 2.03. The van der Waals surface area contributed by atoms with Gasteiger partial charge in [0, 0.05) is 42.5 Å². The van der Waals surface area contributed by atoms with Gasteiger partial charge in [-0.3, -0.25) is 4.21 Å². The van der Waals surface area contributed by atoms with Gasteiger partial charge in [-0.2, -0.15) is 0 Å². The molecule has 2 atom stereocenters. The van der Waals surface area contributed by atoms with Crippen molar-refractivity contribution >= 4 is 10.8 Å². The Kier molecular flexibility index (Phi) is 6.80. The number of hydrogen-bond donors (Lipinski definition) is 1. The summed E-state index contributed by atoms with van der Waals surface area (Å²) in [5.74, 6) is 0. The normalized spacial score (nSPS) is 16.3. The second kappa shape index (κ2) is 6.76. The first-order chi connectivity index (χ1) is 5.18. The zero-order valence-corrected chi connectivity index (χ0v) is 8.24. The Morgan fingerprint density at radius 2 is 2.27 bits per heavy atom. The van der Waals surface area contributed by atoms with Crippen LogP contribution in [-0.4, -0.2) is 42.5 Å². The second-order valence-electron chi connectivity index (χ2n) is 2.51. The number of ether oxygens (including phenoxy) is 1. The summed E-state index contributed by atoms with van der Waals surface area (Å²) in [6, 6.07) is 0. The Morgan fingerprint density at radius 3 is 2.73 bits per heavy atom. The molecule has 0 rings (SSSR count). The highest BCUT2D eigenvalue weighted by atomic mass is 32.2. The van der Waals surface area contributed by atoms with Gasteiger partial charge in [-0.15, -0.1) is 0 Å². The number of rotatable bonds is 6. The van der Waals surface area contributed by atoms with Crippen LogP contribution >= 0.6 is 0 Å². The van der Waals surface area contributed by atoms with Crippen molar-refractivity contribution in [2.24, 2.45) is 0 Å². The van der Waals surface area contributed by atoms with Crippen molar-refractivity contribution in [2.75, 3.05) is 33.1 Å². The van der Waals surface area contributed by atoms with E-state index in [0.29, 0.717) is 6.61 Å². The van der Waals surface area contributed by atoms with Crippen LogP contribution in [0.4, 0.5) is 0 Å². The average Bonchev–Trinajstić information content (AvgIpc) is 1.97. The van der Waals surface area contributed by atoms with Crippen LogP contribution in [0.3, 0.4) is 0 Å². The van der Waals surface area contributed by atoms with Gasteiger partial charge in [-0.05, 0) is 6.92 Å². The molecule has 0 bridgehead atoms. The fraction of sp³-hybridized carbons (Fsp3) is 1.00. The first kappa shape index (κ1) is 11.1. The Hall–Kier alpha value is 0.0700. The van der Waals surface area contributed by atoms with Crippen molar-refractivity contribution < 1.29 is 8.95 Å². The van der Waals surface area contributed by atoms with Gasteiger partial charge in [-0.25, -0.2) is 0 Å². The molecule has 0 aliphatic heterocycles. The standard InChI is InChI=1S/C7H17NO2S/c1-7(11(3)9)6-8-4-5-10-2/h7-8H,4-6H2,1-3H3. The van der Waals surface area contributed by atoms with E-state index in [4.69, 9.17) is 4.74 Å². The lowest BCUT2D eigenvalue weighted by atomic mass is 10.4. The van der Waals surface area contributed by atoms with E-state index >= 15 is 0 Å². The monoisotopic (exact) mass is 179 g/mol. The summed E-state index contributed by atoms with van der Waals surface area (Å²) in [5.41, 5.74) is 0. The predicted molar refractivity (Wildman–Crippen MR) is 48.3 cm³/mol. The minimum Gasteiger partial charge on any atom is -0.383 e. The molecule has 0 heterocycles. The summed E-state index contributed by atoms with van der Waals surface area (Å²) < 4.78 is 15.7. The molecule has 0 amide bonds. The summed E-state index contributed by atoms with van der Waals surface area (Å²) in [4.78, 5) is 0. The van der Waals surface area contributed by atoms with E-state index < -0.39 is 10.8 Å². The van der Waals surface area contributed by atoms with Crippen molar-refractivity contribution in [3.8, 4) is 0 Å². The Balaban J connectivity index is 3.17. The first-order valence-electron chi connectivity index (χ1n) is 3.70. The zero-order chi connectivity index (χ0) is 8.69. The van der Waals surface area contributed by atoms with Gasteiger partial charge in [0.2, 0.25) is 0 Å². The molecule has 0 radical (unpaired) electrons. The average molecular weight is 179 g/mol. The van der Waals surface area contributed by atoms with Crippen LogP contribution in [0.15, 0.2) is 0 Å². The summed E-state index contributed by atoms with van der Waals surface area (Å²) >= 11 is 0. The van der Waals surface area contributed by atoms with E-state index in [0.717, 1.165) is 13.1 Å². The van der Waals surface area contributed by atoms with Gasteiger partial charge in [-0.1, -0.05) is 0 Å². The molecule has 0 saturated carbocycles. The molecule has 0 aromatic heterocycles. The third kappa shape index (κ3) is 6.47. The van der Waals surface area contributed by atoms with Gasteiger partial charge < -0.3 is 10.1 Å². The highest BCUT2D eigenvalue weighted by molar-refractivity contribution is 7.84. The van der Waals surface area contributed by atoms with Crippen molar-refractivity contribution in [3.05, 3.63) is 0 Å². The van der Waals surface area contributed by atoms with Gasteiger partial charge in [0.05, 0.1) is 6.61 Å². The van der Waals surface area contributed by atoms with E-state index in [1.165, 1.54) is 0 Å². The van der Waals surface area contributed by atoms with Gasteiger partial charge in [0.1, 0.15) is 0 Å². The smallest absolute Gasteiger partial charge is 0.0587 e. The molecule has 0 aromatic carbocycles. The molecule has 0 saturated heterocycles. The number of methoxy groups -OCH3 is 1. The summed E-state index contributed by atoms with van der Waals surface area (Å²) in [6.07, 6.45) is 1.72. The highest BCUT2D eigenvalue weighted by Crippen LogP contribution is 1.88. The van der Waals surface area contributed by atoms with Crippen molar-refractivity contribution in [3.63, 3.8) is 0 Å². The molecule has 0 fully saturated rings. The molecule has 0 aromatic rings. The maximum Gasteiger partial charge on any atom is 0.0587 e. The maximum absolute atomic E-state index is 10.8. The van der Waals surface area contributed by atoms with E-state index in [9.17, 15) is 4.21 Å². The topological polar surface area (TPSA) is 38.3 Å². The Bertz CT molecular complexity index is 119. The van der Waals surface area contributed by atoms with E-state index in [-0.39, 0.29) is 5.25 Å². The SMILES string of the molecule is COCCNCC(C)S(C)=O. The molecule has 11 heavy (non-hydrogen) atoms. The molecule has 1 N–H and O–H groups in total. The summed E-state index contributed by atoms with van der Waals surface area (Å²) in [5, 5.41) is 3.38. The third-order valence-corrected chi connectivity index (χ3v) is 2.78. The molecular weight excluding hydrogens is 162 g/mol. The van der Waals surface area contributed by atoms with Gasteiger partial charge >= 0.3 is 0 Å². The van der Waals surface area contributed by atoms with E-state index in [1.54, 1.807) is 13.4 Å². The fourth-order valence-corrected chi connectivity index (χ4v) is 0.949. The lowest BCUT2D eigenvalue weighted by Crippen LogP contribution is -2.29. The summed E-state index contributed by atoms with van der Waals surface area (Å²) in [6.45, 7) is 4.31. The molecule has 3 nitrogen and oxygen atoms in total. The van der Waals surface area contributed by atoms with Crippen molar-refractivity contribution in [2.45, 2.75) is 12.2 Å². The predicted octanol–water partition coefficient (Wildman–Crippen LogP) is -0.0106. The number of nitrogens with one attached hydrogen (secondary N) is 1.